The van der Waals surface area contributed by atoms with Crippen LogP contribution >= 0.6 is 15.9 Å². The van der Waals surface area contributed by atoms with Gasteiger partial charge in [-0.05, 0) is 28.9 Å². The summed E-state index contributed by atoms with van der Waals surface area (Å²) in [7, 11) is 1.57. The molecule has 0 aliphatic rings. The number of hydrogen-bond acceptors (Lipinski definition) is 5. The van der Waals surface area contributed by atoms with E-state index in [1.807, 2.05) is 13.0 Å². The third kappa shape index (κ3) is 3.24. The van der Waals surface area contributed by atoms with Gasteiger partial charge in [0.15, 0.2) is 17.3 Å². The maximum Gasteiger partial charge on any atom is 0.358 e. The van der Waals surface area contributed by atoms with Crippen LogP contribution in [0.2, 0.25) is 0 Å². The predicted molar refractivity (Wildman–Crippen MR) is 80.9 cm³/mol. The molecule has 21 heavy (non-hydrogen) atoms. The highest BCUT2D eigenvalue weighted by molar-refractivity contribution is 9.10. The molecule has 0 aromatic carbocycles. The number of ether oxygens (including phenoxy) is 2. The van der Waals surface area contributed by atoms with Crippen molar-refractivity contribution in [1.29, 1.82) is 0 Å². The van der Waals surface area contributed by atoms with E-state index in [0.717, 1.165) is 4.47 Å². The van der Waals surface area contributed by atoms with E-state index in [2.05, 4.69) is 25.9 Å². The number of hydrogen-bond donors (Lipinski definition) is 0. The number of nitrogens with zero attached hydrogens (tertiary/aromatic N) is 3. The number of rotatable bonds is 5. The average molecular weight is 354 g/mol. The van der Waals surface area contributed by atoms with Crippen LogP contribution in [-0.4, -0.2) is 34.2 Å². The zero-order valence-corrected chi connectivity index (χ0v) is 13.7. The van der Waals surface area contributed by atoms with E-state index in [4.69, 9.17) is 9.47 Å². The van der Waals surface area contributed by atoms with Crippen LogP contribution in [0.4, 0.5) is 0 Å². The minimum atomic E-state index is -0.443. The van der Waals surface area contributed by atoms with Crippen molar-refractivity contribution in [2.45, 2.75) is 20.3 Å². The van der Waals surface area contributed by atoms with E-state index in [9.17, 15) is 4.79 Å². The number of imidazole rings is 1. The molecule has 0 N–H and O–H groups in total. The molecule has 0 bridgehead atoms. The van der Waals surface area contributed by atoms with Gasteiger partial charge in [0.1, 0.15) is 5.82 Å². The lowest BCUT2D eigenvalue weighted by Crippen LogP contribution is -2.05. The topological polar surface area (TPSA) is 66.2 Å². The number of carbonyl (C=O) groups excluding carboxylic acids is 1. The molecule has 0 saturated heterocycles. The number of aromatic nitrogens is 3. The van der Waals surface area contributed by atoms with Crippen LogP contribution < -0.4 is 4.74 Å². The molecule has 0 aliphatic heterocycles. The first-order chi connectivity index (χ1) is 10.1. The van der Waals surface area contributed by atoms with Gasteiger partial charge in [-0.25, -0.2) is 14.8 Å². The van der Waals surface area contributed by atoms with Crippen molar-refractivity contribution in [2.75, 3.05) is 13.7 Å². The Balaban J connectivity index is 2.50. The Morgan fingerprint density at radius 1 is 1.43 bits per heavy atom. The second-order valence-electron chi connectivity index (χ2n) is 4.17. The number of pyridine rings is 1. The molecule has 112 valence electrons. The largest absolute Gasteiger partial charge is 0.493 e. The SMILES string of the molecule is CCOC(=O)c1cn(-c2ncc(Br)cc2OC)c(CC)n1. The van der Waals surface area contributed by atoms with Gasteiger partial charge in [-0.3, -0.25) is 4.57 Å². The summed E-state index contributed by atoms with van der Waals surface area (Å²) < 4.78 is 12.9. The van der Waals surface area contributed by atoms with Gasteiger partial charge in [0.2, 0.25) is 0 Å². The van der Waals surface area contributed by atoms with Gasteiger partial charge >= 0.3 is 5.97 Å². The van der Waals surface area contributed by atoms with Crippen LogP contribution in [0, 0.1) is 0 Å². The molecule has 0 amide bonds. The van der Waals surface area contributed by atoms with E-state index in [1.54, 1.807) is 31.0 Å². The third-order valence-corrected chi connectivity index (χ3v) is 3.26. The first-order valence-corrected chi connectivity index (χ1v) is 7.35. The monoisotopic (exact) mass is 353 g/mol. The Bertz CT molecular complexity index is 655. The molecule has 0 aliphatic carbocycles. The van der Waals surface area contributed by atoms with Gasteiger partial charge in [0, 0.05) is 23.3 Å². The third-order valence-electron chi connectivity index (χ3n) is 2.83. The summed E-state index contributed by atoms with van der Waals surface area (Å²) in [6.45, 7) is 4.03. The number of methoxy groups -OCH3 is 1. The van der Waals surface area contributed by atoms with Crippen LogP contribution in [0.25, 0.3) is 5.82 Å². The van der Waals surface area contributed by atoms with E-state index in [1.165, 1.54) is 0 Å². The molecular formula is C14H16BrN3O3. The fourth-order valence-corrected chi connectivity index (χ4v) is 2.21. The molecule has 0 unspecified atom stereocenters. The first kappa shape index (κ1) is 15.5. The van der Waals surface area contributed by atoms with E-state index in [-0.39, 0.29) is 5.69 Å². The van der Waals surface area contributed by atoms with Gasteiger partial charge < -0.3 is 9.47 Å². The highest BCUT2D eigenvalue weighted by Gasteiger charge is 2.18. The highest BCUT2D eigenvalue weighted by Crippen LogP contribution is 2.26. The summed E-state index contributed by atoms with van der Waals surface area (Å²) in [5, 5.41) is 0. The standard InChI is InChI=1S/C14H16BrN3O3/c1-4-12-17-10(14(19)21-5-2)8-18(12)13-11(20-3)6-9(15)7-16-13/h6-8H,4-5H2,1-3H3. The second-order valence-corrected chi connectivity index (χ2v) is 5.08. The normalized spacial score (nSPS) is 10.5. The summed E-state index contributed by atoms with van der Waals surface area (Å²) in [5.74, 6) is 1.45. The number of aryl methyl sites for hydroxylation is 1. The molecule has 0 atom stereocenters. The quantitative estimate of drug-likeness (QED) is 0.773. The van der Waals surface area contributed by atoms with E-state index < -0.39 is 5.97 Å². The summed E-state index contributed by atoms with van der Waals surface area (Å²) in [4.78, 5) is 20.5. The fraction of sp³-hybridized carbons (Fsp3) is 0.357. The summed E-state index contributed by atoms with van der Waals surface area (Å²) in [6.07, 6.45) is 3.94. The van der Waals surface area contributed by atoms with Crippen LogP contribution in [0.3, 0.4) is 0 Å². The Morgan fingerprint density at radius 3 is 2.81 bits per heavy atom. The molecule has 2 rings (SSSR count). The fourth-order valence-electron chi connectivity index (χ4n) is 1.90. The summed E-state index contributed by atoms with van der Waals surface area (Å²) in [6, 6.07) is 1.81. The molecular weight excluding hydrogens is 338 g/mol. The highest BCUT2D eigenvalue weighted by atomic mass is 79.9. The Labute approximate surface area is 131 Å². The van der Waals surface area contributed by atoms with Crippen molar-refractivity contribution in [3.8, 4) is 11.6 Å². The van der Waals surface area contributed by atoms with Crippen LogP contribution in [0.1, 0.15) is 30.2 Å². The molecule has 2 heterocycles. The number of halogens is 1. The van der Waals surface area contributed by atoms with E-state index >= 15 is 0 Å². The van der Waals surface area contributed by atoms with Crippen molar-refractivity contribution >= 4 is 21.9 Å². The molecule has 0 fully saturated rings. The second kappa shape index (κ2) is 6.71. The van der Waals surface area contributed by atoms with Crippen LogP contribution in [-0.2, 0) is 11.2 Å². The van der Waals surface area contributed by atoms with Gasteiger partial charge in [-0.1, -0.05) is 6.92 Å². The van der Waals surface area contributed by atoms with Crippen LogP contribution in [0.5, 0.6) is 5.75 Å². The molecule has 2 aromatic heterocycles. The summed E-state index contributed by atoms with van der Waals surface area (Å²) in [5.41, 5.74) is 0.264. The minimum absolute atomic E-state index is 0.264. The van der Waals surface area contributed by atoms with Crippen molar-refractivity contribution in [3.05, 3.63) is 34.5 Å². The zero-order valence-electron chi connectivity index (χ0n) is 12.1. The summed E-state index contributed by atoms with van der Waals surface area (Å²) >= 11 is 3.35. The van der Waals surface area contributed by atoms with Crippen molar-refractivity contribution in [1.82, 2.24) is 14.5 Å². The smallest absolute Gasteiger partial charge is 0.358 e. The van der Waals surface area contributed by atoms with Gasteiger partial charge in [-0.15, -0.1) is 0 Å². The maximum absolute atomic E-state index is 11.8. The van der Waals surface area contributed by atoms with Crippen molar-refractivity contribution < 1.29 is 14.3 Å². The molecule has 0 radical (unpaired) electrons. The zero-order chi connectivity index (χ0) is 15.4. The Kier molecular flexibility index (Phi) is 4.95. The molecule has 7 heteroatoms. The van der Waals surface area contributed by atoms with Gasteiger partial charge in [-0.2, -0.15) is 0 Å². The van der Waals surface area contributed by atoms with Gasteiger partial charge in [0.05, 0.1) is 13.7 Å². The minimum Gasteiger partial charge on any atom is -0.493 e. The lowest BCUT2D eigenvalue weighted by Gasteiger charge is -2.10. The lowest BCUT2D eigenvalue weighted by atomic mass is 10.4. The lowest BCUT2D eigenvalue weighted by molar-refractivity contribution is 0.0520. The Hall–Kier alpha value is -1.89. The van der Waals surface area contributed by atoms with Crippen molar-refractivity contribution in [2.24, 2.45) is 0 Å². The molecule has 2 aromatic rings. The average Bonchev–Trinajstić information content (AvgIpc) is 2.91. The molecule has 0 spiro atoms. The van der Waals surface area contributed by atoms with Crippen LogP contribution in [0.15, 0.2) is 22.9 Å². The predicted octanol–water partition coefficient (Wildman–Crippen LogP) is 2.78. The van der Waals surface area contributed by atoms with E-state index in [0.29, 0.717) is 30.4 Å². The number of esters is 1. The molecule has 0 saturated carbocycles. The maximum atomic E-state index is 11.8. The first-order valence-electron chi connectivity index (χ1n) is 6.56. The van der Waals surface area contributed by atoms with Gasteiger partial charge in [0.25, 0.3) is 0 Å². The number of carbonyl (C=O) groups is 1. The molecule has 6 nitrogen and oxygen atoms in total. The Morgan fingerprint density at radius 2 is 2.19 bits per heavy atom. The van der Waals surface area contributed by atoms with Crippen molar-refractivity contribution in [3.63, 3.8) is 0 Å².